The van der Waals surface area contributed by atoms with Crippen LogP contribution in [0.4, 0.5) is 17.1 Å². The molecule has 0 atom stereocenters. The highest BCUT2D eigenvalue weighted by molar-refractivity contribution is 7.09. The van der Waals surface area contributed by atoms with Crippen LogP contribution in [0.25, 0.3) is 0 Å². The maximum absolute atomic E-state index is 11.0. The SMILES string of the molecule is CCCNc1cc(NCc2cncs2)cc([N+](=O)[O-])c1. The molecule has 1 aromatic heterocycles. The standard InChI is InChI=1S/C13H16N4O2S/c1-2-3-15-10-4-11(6-12(5-10)17(18)19)16-8-13-7-14-9-20-13/h4-7,9,15-16H,2-3,8H2,1H3. The first-order valence-electron chi connectivity index (χ1n) is 6.33. The van der Waals surface area contributed by atoms with Crippen LogP contribution in [-0.4, -0.2) is 16.5 Å². The van der Waals surface area contributed by atoms with Crippen molar-refractivity contribution >= 4 is 28.4 Å². The maximum Gasteiger partial charge on any atom is 0.273 e. The van der Waals surface area contributed by atoms with Crippen molar-refractivity contribution < 1.29 is 4.92 Å². The highest BCUT2D eigenvalue weighted by Gasteiger charge is 2.09. The predicted octanol–water partition coefficient (Wildman–Crippen LogP) is 3.49. The van der Waals surface area contributed by atoms with Crippen molar-refractivity contribution in [1.82, 2.24) is 4.98 Å². The zero-order chi connectivity index (χ0) is 14.4. The van der Waals surface area contributed by atoms with Crippen molar-refractivity contribution in [2.45, 2.75) is 19.9 Å². The lowest BCUT2D eigenvalue weighted by atomic mass is 10.2. The zero-order valence-electron chi connectivity index (χ0n) is 11.1. The van der Waals surface area contributed by atoms with E-state index < -0.39 is 0 Å². The van der Waals surface area contributed by atoms with E-state index in [2.05, 4.69) is 15.6 Å². The molecular weight excluding hydrogens is 276 g/mol. The van der Waals surface area contributed by atoms with Crippen molar-refractivity contribution in [3.63, 3.8) is 0 Å². The number of benzene rings is 1. The Morgan fingerprint density at radius 2 is 2.05 bits per heavy atom. The molecule has 20 heavy (non-hydrogen) atoms. The average Bonchev–Trinajstić information content (AvgIpc) is 2.96. The van der Waals surface area contributed by atoms with Crippen LogP contribution in [0.15, 0.2) is 29.9 Å². The van der Waals surface area contributed by atoms with Crippen molar-refractivity contribution in [1.29, 1.82) is 0 Å². The number of rotatable bonds is 7. The molecule has 2 aromatic rings. The Balaban J connectivity index is 2.13. The van der Waals surface area contributed by atoms with Gasteiger partial charge in [0.2, 0.25) is 0 Å². The molecule has 7 heteroatoms. The summed E-state index contributed by atoms with van der Waals surface area (Å²) < 4.78 is 0. The van der Waals surface area contributed by atoms with Crippen LogP contribution < -0.4 is 10.6 Å². The Morgan fingerprint density at radius 1 is 1.30 bits per heavy atom. The quantitative estimate of drug-likeness (QED) is 0.603. The fraction of sp³-hybridized carbons (Fsp3) is 0.308. The van der Waals surface area contributed by atoms with Crippen LogP contribution in [-0.2, 0) is 6.54 Å². The number of nitrogens with one attached hydrogen (secondary N) is 2. The first kappa shape index (κ1) is 14.3. The molecule has 0 spiro atoms. The third-order valence-corrected chi connectivity index (χ3v) is 3.44. The summed E-state index contributed by atoms with van der Waals surface area (Å²) in [4.78, 5) is 15.7. The van der Waals surface area contributed by atoms with Gasteiger partial charge >= 0.3 is 0 Å². The monoisotopic (exact) mass is 292 g/mol. The molecule has 2 N–H and O–H groups in total. The zero-order valence-corrected chi connectivity index (χ0v) is 11.9. The highest BCUT2D eigenvalue weighted by atomic mass is 32.1. The van der Waals surface area contributed by atoms with Gasteiger partial charge < -0.3 is 10.6 Å². The molecular formula is C13H16N4O2S. The van der Waals surface area contributed by atoms with Gasteiger partial charge in [-0.3, -0.25) is 15.1 Å². The number of anilines is 2. The number of thiazole rings is 1. The smallest absolute Gasteiger partial charge is 0.273 e. The summed E-state index contributed by atoms with van der Waals surface area (Å²) in [5.41, 5.74) is 3.33. The second kappa shape index (κ2) is 6.85. The fourth-order valence-corrected chi connectivity index (χ4v) is 2.24. The van der Waals surface area contributed by atoms with Gasteiger partial charge in [-0.2, -0.15) is 0 Å². The summed E-state index contributed by atoms with van der Waals surface area (Å²) in [6, 6.07) is 4.97. The van der Waals surface area contributed by atoms with Gasteiger partial charge in [-0.25, -0.2) is 0 Å². The topological polar surface area (TPSA) is 80.1 Å². The molecule has 2 rings (SSSR count). The number of hydrogen-bond donors (Lipinski definition) is 2. The molecule has 0 bridgehead atoms. The molecule has 0 saturated carbocycles. The van der Waals surface area contributed by atoms with Crippen LogP contribution in [0, 0.1) is 10.1 Å². The van der Waals surface area contributed by atoms with E-state index in [0.717, 1.165) is 29.2 Å². The Morgan fingerprint density at radius 3 is 2.65 bits per heavy atom. The molecule has 0 unspecified atom stereocenters. The summed E-state index contributed by atoms with van der Waals surface area (Å²) in [7, 11) is 0. The molecule has 0 aliphatic rings. The van der Waals surface area contributed by atoms with E-state index >= 15 is 0 Å². The predicted molar refractivity (Wildman–Crippen MR) is 81.3 cm³/mol. The molecule has 0 aliphatic heterocycles. The van der Waals surface area contributed by atoms with Crippen molar-refractivity contribution in [2.24, 2.45) is 0 Å². The molecule has 0 radical (unpaired) electrons. The minimum absolute atomic E-state index is 0.0814. The first-order valence-corrected chi connectivity index (χ1v) is 7.21. The third kappa shape index (κ3) is 3.92. The van der Waals surface area contributed by atoms with Crippen molar-refractivity contribution in [2.75, 3.05) is 17.2 Å². The van der Waals surface area contributed by atoms with Crippen LogP contribution >= 0.6 is 11.3 Å². The van der Waals surface area contributed by atoms with E-state index in [4.69, 9.17) is 0 Å². The fourth-order valence-electron chi connectivity index (χ4n) is 1.71. The molecule has 6 nitrogen and oxygen atoms in total. The van der Waals surface area contributed by atoms with E-state index in [1.54, 1.807) is 29.1 Å². The van der Waals surface area contributed by atoms with E-state index in [-0.39, 0.29) is 10.6 Å². The Labute approximate surface area is 121 Å². The number of nitrogens with zero attached hydrogens (tertiary/aromatic N) is 2. The number of nitro benzene ring substituents is 1. The molecule has 106 valence electrons. The maximum atomic E-state index is 11.0. The number of aromatic nitrogens is 1. The average molecular weight is 292 g/mol. The number of non-ortho nitro benzene ring substituents is 1. The van der Waals surface area contributed by atoms with Gasteiger partial charge in [-0.05, 0) is 12.5 Å². The van der Waals surface area contributed by atoms with Gasteiger partial charge in [-0.1, -0.05) is 6.92 Å². The van der Waals surface area contributed by atoms with E-state index in [1.165, 1.54) is 6.07 Å². The Bertz CT molecular complexity index is 572. The molecule has 0 amide bonds. The van der Waals surface area contributed by atoms with Crippen molar-refractivity contribution in [3.8, 4) is 0 Å². The third-order valence-electron chi connectivity index (χ3n) is 2.66. The van der Waals surface area contributed by atoms with E-state index in [0.29, 0.717) is 6.54 Å². The van der Waals surface area contributed by atoms with Gasteiger partial charge in [-0.15, -0.1) is 11.3 Å². The Hall–Kier alpha value is -2.15. The molecule has 1 heterocycles. The van der Waals surface area contributed by atoms with E-state index in [1.807, 2.05) is 13.0 Å². The molecule has 0 fully saturated rings. The van der Waals surface area contributed by atoms with Crippen LogP contribution in [0.1, 0.15) is 18.2 Å². The largest absolute Gasteiger partial charge is 0.385 e. The van der Waals surface area contributed by atoms with Crippen molar-refractivity contribution in [3.05, 3.63) is 44.9 Å². The normalized spacial score (nSPS) is 10.2. The summed E-state index contributed by atoms with van der Waals surface area (Å²) in [5, 5.41) is 17.3. The minimum Gasteiger partial charge on any atom is -0.385 e. The van der Waals surface area contributed by atoms with Crippen LogP contribution in [0.3, 0.4) is 0 Å². The lowest BCUT2D eigenvalue weighted by Gasteiger charge is -2.09. The summed E-state index contributed by atoms with van der Waals surface area (Å²) >= 11 is 1.55. The summed E-state index contributed by atoms with van der Waals surface area (Å²) in [6.07, 6.45) is 2.75. The lowest BCUT2D eigenvalue weighted by Crippen LogP contribution is -2.03. The first-order chi connectivity index (χ1) is 9.69. The number of nitro groups is 1. The van der Waals surface area contributed by atoms with Gasteiger partial charge in [0.25, 0.3) is 5.69 Å². The molecule has 0 aliphatic carbocycles. The van der Waals surface area contributed by atoms with Gasteiger partial charge in [0.15, 0.2) is 0 Å². The summed E-state index contributed by atoms with van der Waals surface area (Å²) in [6.45, 7) is 3.45. The summed E-state index contributed by atoms with van der Waals surface area (Å²) in [5.74, 6) is 0. The molecule has 0 saturated heterocycles. The second-order valence-electron chi connectivity index (χ2n) is 4.27. The minimum atomic E-state index is -0.380. The van der Waals surface area contributed by atoms with E-state index in [9.17, 15) is 10.1 Å². The Kier molecular flexibility index (Phi) is 4.89. The van der Waals surface area contributed by atoms with Gasteiger partial charge in [0, 0.05) is 41.1 Å². The van der Waals surface area contributed by atoms with Crippen LogP contribution in [0.5, 0.6) is 0 Å². The second-order valence-corrected chi connectivity index (χ2v) is 5.24. The number of hydrogen-bond acceptors (Lipinski definition) is 6. The van der Waals surface area contributed by atoms with Gasteiger partial charge in [0.05, 0.1) is 17.0 Å². The highest BCUT2D eigenvalue weighted by Crippen LogP contribution is 2.25. The lowest BCUT2D eigenvalue weighted by molar-refractivity contribution is -0.384. The van der Waals surface area contributed by atoms with Gasteiger partial charge in [0.1, 0.15) is 0 Å². The van der Waals surface area contributed by atoms with Crippen LogP contribution in [0.2, 0.25) is 0 Å². The molecule has 1 aromatic carbocycles.